The summed E-state index contributed by atoms with van der Waals surface area (Å²) in [5.41, 5.74) is 2.36. The molecule has 3 heterocycles. The Morgan fingerprint density at radius 2 is 1.55 bits per heavy atom. The molecule has 4 atom stereocenters. The highest BCUT2D eigenvalue weighted by molar-refractivity contribution is 6.24. The van der Waals surface area contributed by atoms with E-state index in [1.54, 1.807) is 18.0 Å². The molecule has 0 aliphatic carbocycles. The third-order valence-corrected chi connectivity index (χ3v) is 7.73. The van der Waals surface area contributed by atoms with E-state index in [4.69, 9.17) is 4.74 Å². The number of carbonyl (C=O) groups is 4. The van der Waals surface area contributed by atoms with Crippen molar-refractivity contribution in [1.82, 2.24) is 4.90 Å². The van der Waals surface area contributed by atoms with Gasteiger partial charge >= 0.3 is 5.97 Å². The van der Waals surface area contributed by atoms with Crippen molar-refractivity contribution < 1.29 is 28.8 Å². The molecule has 0 spiro atoms. The number of hydrogen-bond donors (Lipinski definition) is 0. The minimum absolute atomic E-state index is 0.157. The molecule has 200 valence electrons. The number of amides is 2. The molecule has 0 saturated carbocycles. The van der Waals surface area contributed by atoms with Gasteiger partial charge in [-0.15, -0.1) is 0 Å². The Labute approximate surface area is 228 Å². The number of nitrogens with zero attached hydrogens (tertiary/aromatic N) is 3. The third kappa shape index (κ3) is 3.79. The van der Waals surface area contributed by atoms with Gasteiger partial charge in [0.05, 0.1) is 40.7 Å². The zero-order valence-corrected chi connectivity index (χ0v) is 21.3. The highest BCUT2D eigenvalue weighted by atomic mass is 16.6. The number of anilines is 1. The lowest BCUT2D eigenvalue weighted by molar-refractivity contribution is -0.384. The largest absolute Gasteiger partial charge is 0.462 e. The molecule has 2 fully saturated rings. The first kappa shape index (κ1) is 25.2. The number of fused-ring (bicyclic) bond motifs is 5. The standard InChI is InChI=1S/C30H23N3O7/c1-2-40-30(37)19-9-11-20(12-10-19)32-28(35)23-24(29(32)36)26(27(34)18-7-13-21(14-8-18)33(38)39)31-16-15-17-5-3-4-6-22(17)25(23)31/h3-16,23-26H,2H2,1H3/t23-,24-,25-,26+/m1/s1. The molecule has 10 heteroatoms. The molecular weight excluding hydrogens is 514 g/mol. The van der Waals surface area contributed by atoms with Crippen LogP contribution >= 0.6 is 0 Å². The number of Topliss-reactive ketones (excluding diaryl/α,β-unsaturated/α-hetero) is 1. The van der Waals surface area contributed by atoms with E-state index >= 15 is 0 Å². The second kappa shape index (κ2) is 9.57. The number of benzene rings is 3. The van der Waals surface area contributed by atoms with Gasteiger partial charge in [0, 0.05) is 23.9 Å². The van der Waals surface area contributed by atoms with E-state index in [-0.39, 0.29) is 23.4 Å². The summed E-state index contributed by atoms with van der Waals surface area (Å²) >= 11 is 0. The van der Waals surface area contributed by atoms with Gasteiger partial charge in [-0.1, -0.05) is 24.3 Å². The van der Waals surface area contributed by atoms with Crippen LogP contribution in [-0.2, 0) is 14.3 Å². The average Bonchev–Trinajstić information content (AvgIpc) is 3.45. The zero-order valence-electron chi connectivity index (χ0n) is 21.3. The number of nitro benzene ring substituents is 1. The quantitative estimate of drug-likeness (QED) is 0.151. The Kier molecular flexibility index (Phi) is 6.02. The van der Waals surface area contributed by atoms with E-state index in [1.165, 1.54) is 48.5 Å². The van der Waals surface area contributed by atoms with Crippen LogP contribution in [0.3, 0.4) is 0 Å². The van der Waals surface area contributed by atoms with Crippen molar-refractivity contribution in [2.24, 2.45) is 11.8 Å². The molecule has 6 rings (SSSR count). The van der Waals surface area contributed by atoms with Crippen LogP contribution < -0.4 is 4.90 Å². The SMILES string of the molecule is CCOC(=O)c1ccc(N2C(=O)[C@@H]3[C@@H](C2=O)[C@H]2c4ccccc4C=CN2[C@@H]3C(=O)c2ccc([N+](=O)[O-])cc2)cc1. The number of carbonyl (C=O) groups excluding carboxylic acids is 4. The van der Waals surface area contributed by atoms with Crippen LogP contribution in [0.4, 0.5) is 11.4 Å². The Morgan fingerprint density at radius 1 is 0.900 bits per heavy atom. The lowest BCUT2D eigenvalue weighted by Crippen LogP contribution is -2.44. The van der Waals surface area contributed by atoms with Gasteiger partial charge in [0.15, 0.2) is 5.78 Å². The second-order valence-corrected chi connectivity index (χ2v) is 9.78. The monoisotopic (exact) mass is 537 g/mol. The van der Waals surface area contributed by atoms with Crippen molar-refractivity contribution in [3.63, 3.8) is 0 Å². The normalized spacial score (nSPS) is 22.5. The highest BCUT2D eigenvalue weighted by Crippen LogP contribution is 2.53. The summed E-state index contributed by atoms with van der Waals surface area (Å²) in [6.07, 6.45) is 3.60. The minimum atomic E-state index is -0.999. The lowest BCUT2D eigenvalue weighted by Gasteiger charge is -2.35. The fraction of sp³-hybridized carbons (Fsp3) is 0.200. The predicted octanol–water partition coefficient (Wildman–Crippen LogP) is 4.17. The molecular formula is C30H23N3O7. The number of non-ortho nitro benzene ring substituents is 1. The molecule has 3 aromatic rings. The Balaban J connectivity index is 1.41. The fourth-order valence-electron chi connectivity index (χ4n) is 5.99. The summed E-state index contributed by atoms with van der Waals surface area (Å²) in [4.78, 5) is 67.4. The first-order valence-corrected chi connectivity index (χ1v) is 12.8. The molecule has 10 nitrogen and oxygen atoms in total. The number of esters is 1. The number of ether oxygens (including phenoxy) is 1. The maximum absolute atomic E-state index is 14.0. The van der Waals surface area contributed by atoms with Gasteiger partial charge < -0.3 is 9.64 Å². The van der Waals surface area contributed by atoms with Gasteiger partial charge in [-0.2, -0.15) is 0 Å². The summed E-state index contributed by atoms with van der Waals surface area (Å²) in [6, 6.07) is 17.2. The Morgan fingerprint density at radius 3 is 2.23 bits per heavy atom. The average molecular weight is 538 g/mol. The molecule has 2 saturated heterocycles. The van der Waals surface area contributed by atoms with Gasteiger partial charge in [0.25, 0.3) is 5.69 Å². The van der Waals surface area contributed by atoms with Crippen molar-refractivity contribution in [3.8, 4) is 0 Å². The van der Waals surface area contributed by atoms with E-state index in [0.29, 0.717) is 5.69 Å². The molecule has 0 aromatic heterocycles. The van der Waals surface area contributed by atoms with Gasteiger partial charge in [0.1, 0.15) is 6.04 Å². The van der Waals surface area contributed by atoms with Crippen molar-refractivity contribution in [2.45, 2.75) is 19.0 Å². The number of imide groups is 1. The van der Waals surface area contributed by atoms with Gasteiger partial charge in [-0.05, 0) is 60.5 Å². The van der Waals surface area contributed by atoms with E-state index in [2.05, 4.69) is 0 Å². The Bertz CT molecular complexity index is 1600. The molecule has 3 aromatic carbocycles. The molecule has 0 bridgehead atoms. The number of ketones is 1. The van der Waals surface area contributed by atoms with E-state index < -0.39 is 52.4 Å². The van der Waals surface area contributed by atoms with Crippen LogP contribution in [-0.4, -0.2) is 46.0 Å². The van der Waals surface area contributed by atoms with E-state index in [9.17, 15) is 29.3 Å². The van der Waals surface area contributed by atoms with Crippen LogP contribution in [0.15, 0.2) is 79.0 Å². The summed E-state index contributed by atoms with van der Waals surface area (Å²) < 4.78 is 5.02. The van der Waals surface area contributed by atoms with E-state index in [1.807, 2.05) is 30.3 Å². The maximum atomic E-state index is 14.0. The summed E-state index contributed by atoms with van der Waals surface area (Å²) in [6.45, 7) is 1.91. The van der Waals surface area contributed by atoms with Crippen molar-refractivity contribution in [1.29, 1.82) is 0 Å². The van der Waals surface area contributed by atoms with Gasteiger partial charge in [-0.3, -0.25) is 24.5 Å². The van der Waals surface area contributed by atoms with Crippen LogP contribution in [0.1, 0.15) is 44.8 Å². The summed E-state index contributed by atoms with van der Waals surface area (Å²) in [7, 11) is 0. The summed E-state index contributed by atoms with van der Waals surface area (Å²) in [5, 5.41) is 11.1. The van der Waals surface area contributed by atoms with Crippen molar-refractivity contribution >= 4 is 41.0 Å². The number of rotatable bonds is 6. The van der Waals surface area contributed by atoms with Gasteiger partial charge in [-0.25, -0.2) is 9.69 Å². The molecule has 0 unspecified atom stereocenters. The second-order valence-electron chi connectivity index (χ2n) is 9.78. The topological polar surface area (TPSA) is 127 Å². The molecule has 3 aliphatic rings. The molecule has 0 radical (unpaired) electrons. The first-order chi connectivity index (χ1) is 19.3. The maximum Gasteiger partial charge on any atom is 0.338 e. The zero-order chi connectivity index (χ0) is 28.1. The first-order valence-electron chi connectivity index (χ1n) is 12.8. The van der Waals surface area contributed by atoms with Crippen LogP contribution in [0.25, 0.3) is 6.08 Å². The molecule has 2 amide bonds. The lowest BCUT2D eigenvalue weighted by atomic mass is 9.83. The van der Waals surface area contributed by atoms with Crippen molar-refractivity contribution in [3.05, 3.63) is 111 Å². The Hall–Kier alpha value is -5.12. The minimum Gasteiger partial charge on any atom is -0.462 e. The highest BCUT2D eigenvalue weighted by Gasteiger charge is 2.64. The molecule has 3 aliphatic heterocycles. The van der Waals surface area contributed by atoms with Crippen LogP contribution in [0.5, 0.6) is 0 Å². The van der Waals surface area contributed by atoms with E-state index in [0.717, 1.165) is 16.0 Å². The molecule has 0 N–H and O–H groups in total. The third-order valence-electron chi connectivity index (χ3n) is 7.73. The van der Waals surface area contributed by atoms with Crippen LogP contribution in [0, 0.1) is 22.0 Å². The number of hydrogen-bond acceptors (Lipinski definition) is 8. The molecule has 40 heavy (non-hydrogen) atoms. The number of nitro groups is 1. The predicted molar refractivity (Wildman–Crippen MR) is 143 cm³/mol. The summed E-state index contributed by atoms with van der Waals surface area (Å²) in [5.74, 6) is -3.69. The van der Waals surface area contributed by atoms with Crippen LogP contribution in [0.2, 0.25) is 0 Å². The fourth-order valence-corrected chi connectivity index (χ4v) is 5.99. The van der Waals surface area contributed by atoms with Gasteiger partial charge in [0.2, 0.25) is 11.8 Å². The van der Waals surface area contributed by atoms with Crippen molar-refractivity contribution in [2.75, 3.05) is 11.5 Å². The smallest absolute Gasteiger partial charge is 0.338 e.